The third kappa shape index (κ3) is 3.74. The first-order chi connectivity index (χ1) is 11.8. The number of rotatable bonds is 7. The fraction of sp³-hybridized carbons (Fsp3) is 0.263. The van der Waals surface area contributed by atoms with Gasteiger partial charge in [-0.2, -0.15) is 5.10 Å². The van der Waals surface area contributed by atoms with E-state index in [9.17, 15) is 4.79 Å². The molecule has 0 fully saturated rings. The number of nitrogens with one attached hydrogen (secondary N) is 1. The zero-order valence-electron chi connectivity index (χ0n) is 13.6. The van der Waals surface area contributed by atoms with Crippen LogP contribution in [-0.2, 0) is 4.79 Å². The second kappa shape index (κ2) is 7.93. The Morgan fingerprint density at radius 1 is 1.21 bits per heavy atom. The van der Waals surface area contributed by atoms with Crippen LogP contribution in [0.2, 0.25) is 0 Å². The van der Waals surface area contributed by atoms with Crippen LogP contribution in [0.4, 0.5) is 0 Å². The molecule has 0 saturated carbocycles. The highest BCUT2D eigenvalue weighted by Gasteiger charge is 2.21. The third-order valence-corrected chi connectivity index (χ3v) is 5.09. The lowest BCUT2D eigenvalue weighted by Crippen LogP contribution is -2.34. The van der Waals surface area contributed by atoms with Crippen LogP contribution < -0.4 is 5.32 Å². The minimum Gasteiger partial charge on any atom is -0.353 e. The van der Waals surface area contributed by atoms with E-state index >= 15 is 0 Å². The van der Waals surface area contributed by atoms with Crippen LogP contribution in [0.3, 0.4) is 0 Å². The van der Waals surface area contributed by atoms with Gasteiger partial charge in [0.25, 0.3) is 0 Å². The van der Waals surface area contributed by atoms with E-state index in [0.29, 0.717) is 6.54 Å². The van der Waals surface area contributed by atoms with Gasteiger partial charge in [-0.15, -0.1) is 11.3 Å². The van der Waals surface area contributed by atoms with Crippen LogP contribution in [0.1, 0.15) is 35.7 Å². The van der Waals surface area contributed by atoms with Crippen molar-refractivity contribution in [2.75, 3.05) is 6.54 Å². The highest BCUT2D eigenvalue weighted by Crippen LogP contribution is 2.23. The molecule has 0 unspecified atom stereocenters. The molecule has 0 spiro atoms. The fourth-order valence-electron chi connectivity index (χ4n) is 2.85. The lowest BCUT2D eigenvalue weighted by molar-refractivity contribution is -0.122. The zero-order valence-corrected chi connectivity index (χ0v) is 14.4. The Bertz CT molecular complexity index is 704. The molecular formula is C19H21N3OS. The summed E-state index contributed by atoms with van der Waals surface area (Å²) in [5.41, 5.74) is 1.06. The van der Waals surface area contributed by atoms with E-state index in [1.54, 1.807) is 17.5 Å². The highest BCUT2D eigenvalue weighted by molar-refractivity contribution is 7.10. The van der Waals surface area contributed by atoms with Crippen molar-refractivity contribution in [3.05, 3.63) is 76.7 Å². The van der Waals surface area contributed by atoms with Crippen LogP contribution >= 0.6 is 11.3 Å². The maximum Gasteiger partial charge on any atom is 0.227 e. The Hall–Kier alpha value is -2.40. The van der Waals surface area contributed by atoms with Crippen LogP contribution in [0.25, 0.3) is 0 Å². The van der Waals surface area contributed by atoms with Gasteiger partial charge in [0, 0.05) is 23.8 Å². The number of amides is 1. The molecule has 1 N–H and O–H groups in total. The van der Waals surface area contributed by atoms with Gasteiger partial charge in [-0.25, -0.2) is 0 Å². The van der Waals surface area contributed by atoms with E-state index in [0.717, 1.165) is 12.0 Å². The standard InChI is InChI=1S/C19H21N3OS/c1-2-16(15-8-4-3-5-9-15)19(23)20-14-17(18-10-6-13-24-18)22-12-7-11-21-22/h3-13,16-17H,2,14H2,1H3,(H,20,23)/t16-,17-/m1/s1. The van der Waals surface area contributed by atoms with Gasteiger partial charge in [0.2, 0.25) is 5.91 Å². The molecule has 0 radical (unpaired) electrons. The van der Waals surface area contributed by atoms with Gasteiger partial charge in [-0.3, -0.25) is 9.48 Å². The number of hydrogen-bond donors (Lipinski definition) is 1. The average Bonchev–Trinajstić information content (AvgIpc) is 3.31. The number of carbonyl (C=O) groups excluding carboxylic acids is 1. The Kier molecular flexibility index (Phi) is 5.43. The Morgan fingerprint density at radius 2 is 2.04 bits per heavy atom. The summed E-state index contributed by atoms with van der Waals surface area (Å²) in [6, 6.07) is 16.0. The number of hydrogen-bond acceptors (Lipinski definition) is 3. The highest BCUT2D eigenvalue weighted by atomic mass is 32.1. The number of aromatic nitrogens is 2. The van der Waals surface area contributed by atoms with Crippen molar-refractivity contribution in [3.63, 3.8) is 0 Å². The molecule has 3 aromatic rings. The zero-order chi connectivity index (χ0) is 16.8. The van der Waals surface area contributed by atoms with Crippen LogP contribution in [0, 0.1) is 0 Å². The summed E-state index contributed by atoms with van der Waals surface area (Å²) in [6.45, 7) is 2.58. The summed E-state index contributed by atoms with van der Waals surface area (Å²) in [6.07, 6.45) is 4.48. The van der Waals surface area contributed by atoms with E-state index in [2.05, 4.69) is 16.5 Å². The van der Waals surface area contributed by atoms with Crippen molar-refractivity contribution in [2.24, 2.45) is 0 Å². The summed E-state index contributed by atoms with van der Waals surface area (Å²) in [5, 5.41) is 9.51. The molecule has 124 valence electrons. The van der Waals surface area contributed by atoms with Gasteiger partial charge in [0.05, 0.1) is 5.92 Å². The summed E-state index contributed by atoms with van der Waals surface area (Å²) >= 11 is 1.68. The maximum atomic E-state index is 12.7. The lowest BCUT2D eigenvalue weighted by Gasteiger charge is -2.20. The second-order valence-electron chi connectivity index (χ2n) is 5.63. The Balaban J connectivity index is 1.71. The first-order valence-corrected chi connectivity index (χ1v) is 9.02. The largest absolute Gasteiger partial charge is 0.353 e. The average molecular weight is 339 g/mol. The summed E-state index contributed by atoms with van der Waals surface area (Å²) in [7, 11) is 0. The SMILES string of the molecule is CC[C@@H](C(=O)NC[C@H](c1cccs1)n1cccn1)c1ccccc1. The molecular weight excluding hydrogens is 318 g/mol. The smallest absolute Gasteiger partial charge is 0.227 e. The van der Waals surface area contributed by atoms with Gasteiger partial charge in [0.15, 0.2) is 0 Å². The van der Waals surface area contributed by atoms with Gasteiger partial charge in [0.1, 0.15) is 6.04 Å². The Morgan fingerprint density at radius 3 is 2.67 bits per heavy atom. The van der Waals surface area contributed by atoms with E-state index in [1.807, 2.05) is 65.6 Å². The van der Waals surface area contributed by atoms with E-state index in [1.165, 1.54) is 4.88 Å². The van der Waals surface area contributed by atoms with Crippen molar-refractivity contribution in [1.82, 2.24) is 15.1 Å². The molecule has 2 aromatic heterocycles. The molecule has 1 aromatic carbocycles. The topological polar surface area (TPSA) is 46.9 Å². The van der Waals surface area contributed by atoms with Crippen molar-refractivity contribution >= 4 is 17.2 Å². The predicted octanol–water partition coefficient (Wildman–Crippen LogP) is 3.84. The Labute approximate surface area is 146 Å². The number of carbonyl (C=O) groups is 1. The van der Waals surface area contributed by atoms with Crippen molar-refractivity contribution in [1.29, 1.82) is 0 Å². The molecule has 4 nitrogen and oxygen atoms in total. The molecule has 5 heteroatoms. The van der Waals surface area contributed by atoms with Crippen molar-refractivity contribution < 1.29 is 4.79 Å². The van der Waals surface area contributed by atoms with Gasteiger partial charge < -0.3 is 5.32 Å². The first kappa shape index (κ1) is 16.5. The third-order valence-electron chi connectivity index (χ3n) is 4.11. The number of nitrogens with zero attached hydrogens (tertiary/aromatic N) is 2. The van der Waals surface area contributed by atoms with Crippen molar-refractivity contribution in [3.8, 4) is 0 Å². The predicted molar refractivity (Wildman–Crippen MR) is 97.2 cm³/mol. The summed E-state index contributed by atoms with van der Waals surface area (Å²) in [4.78, 5) is 13.9. The van der Waals surface area contributed by atoms with E-state index in [-0.39, 0.29) is 17.9 Å². The van der Waals surface area contributed by atoms with E-state index in [4.69, 9.17) is 0 Å². The van der Waals surface area contributed by atoms with E-state index < -0.39 is 0 Å². The summed E-state index contributed by atoms with van der Waals surface area (Å²) < 4.78 is 1.90. The molecule has 0 saturated heterocycles. The second-order valence-corrected chi connectivity index (χ2v) is 6.61. The molecule has 2 atom stereocenters. The van der Waals surface area contributed by atoms with Crippen LogP contribution in [-0.4, -0.2) is 22.2 Å². The molecule has 0 aliphatic carbocycles. The number of thiophene rings is 1. The van der Waals surface area contributed by atoms with Gasteiger partial charge >= 0.3 is 0 Å². The molecule has 1 amide bonds. The minimum atomic E-state index is -0.118. The van der Waals surface area contributed by atoms with Crippen LogP contribution in [0.5, 0.6) is 0 Å². The van der Waals surface area contributed by atoms with Gasteiger partial charge in [-0.05, 0) is 29.5 Å². The lowest BCUT2D eigenvalue weighted by atomic mass is 9.95. The molecule has 0 bridgehead atoms. The maximum absolute atomic E-state index is 12.7. The number of benzene rings is 1. The molecule has 3 rings (SSSR count). The van der Waals surface area contributed by atoms with Gasteiger partial charge in [-0.1, -0.05) is 43.3 Å². The minimum absolute atomic E-state index is 0.0252. The molecule has 2 heterocycles. The molecule has 0 aliphatic heterocycles. The fourth-order valence-corrected chi connectivity index (χ4v) is 3.67. The monoisotopic (exact) mass is 339 g/mol. The van der Waals surface area contributed by atoms with Crippen molar-refractivity contribution in [2.45, 2.75) is 25.3 Å². The summed E-state index contributed by atoms with van der Waals surface area (Å²) in [5.74, 6) is -0.0507. The molecule has 24 heavy (non-hydrogen) atoms. The molecule has 0 aliphatic rings. The quantitative estimate of drug-likeness (QED) is 0.711. The normalized spacial score (nSPS) is 13.4. The first-order valence-electron chi connectivity index (χ1n) is 8.14. The van der Waals surface area contributed by atoms with Crippen LogP contribution in [0.15, 0.2) is 66.3 Å².